The van der Waals surface area contributed by atoms with Crippen molar-refractivity contribution in [2.24, 2.45) is 16.8 Å². The number of nitrogens with one attached hydrogen (secondary N) is 2. The fourth-order valence-corrected chi connectivity index (χ4v) is 3.89. The van der Waals surface area contributed by atoms with Crippen molar-refractivity contribution in [3.05, 3.63) is 24.2 Å². The minimum Gasteiger partial charge on any atom is -0.469 e. The van der Waals surface area contributed by atoms with Crippen molar-refractivity contribution in [3.63, 3.8) is 0 Å². The number of hydrogen-bond donors (Lipinski definition) is 2. The maximum Gasteiger partial charge on any atom is 0.225 e. The zero-order chi connectivity index (χ0) is 19.1. The van der Waals surface area contributed by atoms with Crippen molar-refractivity contribution >= 4 is 11.9 Å². The fraction of sp³-hybridized carbons (Fsp3) is 0.714. The quantitative estimate of drug-likeness (QED) is 0.569. The Morgan fingerprint density at radius 1 is 1.33 bits per heavy atom. The van der Waals surface area contributed by atoms with Gasteiger partial charge < -0.3 is 20.0 Å². The van der Waals surface area contributed by atoms with Crippen molar-refractivity contribution in [2.75, 3.05) is 26.2 Å². The Hall–Kier alpha value is -1.98. The van der Waals surface area contributed by atoms with Gasteiger partial charge in [-0.2, -0.15) is 0 Å². The predicted octanol–water partition coefficient (Wildman–Crippen LogP) is 2.80. The summed E-state index contributed by atoms with van der Waals surface area (Å²) in [6.07, 6.45) is 8.07. The summed E-state index contributed by atoms with van der Waals surface area (Å²) >= 11 is 0. The molecule has 0 aromatic carbocycles. The molecule has 1 aromatic heterocycles. The van der Waals surface area contributed by atoms with E-state index in [0.29, 0.717) is 11.8 Å². The summed E-state index contributed by atoms with van der Waals surface area (Å²) in [4.78, 5) is 19.4. The standard InChI is InChI=1S/C21H34N4O2/c1-16(2)14-23-21(22-11-9-19-8-5-13-27-19)24-18-10-12-25(15-18)20(26)17-6-3-4-7-17/h5,8,13,16-18H,3-4,6-7,9-12,14-15H2,1-2H3,(H2,22,23,24). The normalized spacial score (nSPS) is 21.2. The monoisotopic (exact) mass is 374 g/mol. The Balaban J connectivity index is 1.49. The average molecular weight is 375 g/mol. The highest BCUT2D eigenvalue weighted by Gasteiger charge is 2.32. The highest BCUT2D eigenvalue weighted by Crippen LogP contribution is 2.27. The molecule has 1 saturated heterocycles. The summed E-state index contributed by atoms with van der Waals surface area (Å²) in [6, 6.07) is 4.18. The van der Waals surface area contributed by atoms with Crippen molar-refractivity contribution in [1.82, 2.24) is 15.5 Å². The van der Waals surface area contributed by atoms with Crippen LogP contribution in [0, 0.1) is 11.8 Å². The van der Waals surface area contributed by atoms with E-state index < -0.39 is 0 Å². The maximum atomic E-state index is 12.6. The first-order valence-corrected chi connectivity index (χ1v) is 10.5. The van der Waals surface area contributed by atoms with Gasteiger partial charge in [0.25, 0.3) is 0 Å². The third-order valence-electron chi connectivity index (χ3n) is 5.40. The number of hydrogen-bond acceptors (Lipinski definition) is 3. The summed E-state index contributed by atoms with van der Waals surface area (Å²) in [5.41, 5.74) is 0. The molecule has 1 aliphatic carbocycles. The molecule has 1 unspecified atom stereocenters. The second-order valence-electron chi connectivity index (χ2n) is 8.23. The van der Waals surface area contributed by atoms with Crippen molar-refractivity contribution in [1.29, 1.82) is 0 Å². The first-order chi connectivity index (χ1) is 13.1. The molecule has 0 radical (unpaired) electrons. The first-order valence-electron chi connectivity index (χ1n) is 10.5. The lowest BCUT2D eigenvalue weighted by molar-refractivity contribution is -0.134. The van der Waals surface area contributed by atoms with Gasteiger partial charge in [0.1, 0.15) is 5.76 Å². The van der Waals surface area contributed by atoms with Crippen molar-refractivity contribution in [2.45, 2.75) is 58.4 Å². The lowest BCUT2D eigenvalue weighted by Gasteiger charge is -2.21. The van der Waals surface area contributed by atoms with Crippen molar-refractivity contribution < 1.29 is 9.21 Å². The van der Waals surface area contributed by atoms with Crippen LogP contribution in [-0.2, 0) is 11.2 Å². The molecule has 6 heteroatoms. The van der Waals surface area contributed by atoms with Gasteiger partial charge >= 0.3 is 0 Å². The van der Waals surface area contributed by atoms with E-state index in [2.05, 4.69) is 29.4 Å². The van der Waals surface area contributed by atoms with E-state index in [1.165, 1.54) is 12.8 Å². The molecular weight excluding hydrogens is 340 g/mol. The molecule has 0 spiro atoms. The van der Waals surface area contributed by atoms with Crippen LogP contribution < -0.4 is 10.6 Å². The van der Waals surface area contributed by atoms with Gasteiger partial charge in [0, 0.05) is 44.6 Å². The molecule has 1 aromatic rings. The van der Waals surface area contributed by atoms with Gasteiger partial charge in [-0.3, -0.25) is 9.79 Å². The Labute approximate surface area is 162 Å². The smallest absolute Gasteiger partial charge is 0.225 e. The molecule has 27 heavy (non-hydrogen) atoms. The number of aliphatic imine (C=N–C) groups is 1. The topological polar surface area (TPSA) is 69.9 Å². The maximum absolute atomic E-state index is 12.6. The van der Waals surface area contributed by atoms with E-state index in [0.717, 1.165) is 63.6 Å². The Bertz CT molecular complexity index is 606. The second-order valence-corrected chi connectivity index (χ2v) is 8.23. The van der Waals surface area contributed by atoms with Gasteiger partial charge in [-0.15, -0.1) is 0 Å². The van der Waals surface area contributed by atoms with Crippen LogP contribution >= 0.6 is 0 Å². The van der Waals surface area contributed by atoms with E-state index in [-0.39, 0.29) is 12.0 Å². The van der Waals surface area contributed by atoms with Gasteiger partial charge in [0.15, 0.2) is 5.96 Å². The Morgan fingerprint density at radius 3 is 2.85 bits per heavy atom. The van der Waals surface area contributed by atoms with Crippen LogP contribution in [-0.4, -0.2) is 49.0 Å². The fourth-order valence-electron chi connectivity index (χ4n) is 3.89. The minimum atomic E-state index is 0.268. The molecule has 6 nitrogen and oxygen atoms in total. The van der Waals surface area contributed by atoms with E-state index >= 15 is 0 Å². The number of rotatable bonds is 7. The first kappa shape index (κ1) is 19.8. The van der Waals surface area contributed by atoms with Crippen LogP contribution in [0.3, 0.4) is 0 Å². The SMILES string of the molecule is CC(C)CN=C(NCCc1ccco1)NC1CCN(C(=O)C2CCCC2)C1. The highest BCUT2D eigenvalue weighted by atomic mass is 16.3. The summed E-state index contributed by atoms with van der Waals surface area (Å²) < 4.78 is 5.39. The molecule has 2 fully saturated rings. The summed E-state index contributed by atoms with van der Waals surface area (Å²) in [7, 11) is 0. The zero-order valence-corrected chi connectivity index (χ0v) is 16.7. The van der Waals surface area contributed by atoms with Crippen LogP contribution in [0.15, 0.2) is 27.8 Å². The number of amides is 1. The van der Waals surface area contributed by atoms with Crippen LogP contribution in [0.2, 0.25) is 0 Å². The van der Waals surface area contributed by atoms with Crippen LogP contribution in [0.1, 0.15) is 51.7 Å². The number of guanidine groups is 1. The molecule has 0 bridgehead atoms. The summed E-state index contributed by atoms with van der Waals surface area (Å²) in [5, 5.41) is 6.96. The highest BCUT2D eigenvalue weighted by molar-refractivity contribution is 5.81. The molecule has 150 valence electrons. The molecule has 2 aliphatic rings. The van der Waals surface area contributed by atoms with Gasteiger partial charge in [0.2, 0.25) is 5.91 Å². The van der Waals surface area contributed by atoms with Gasteiger partial charge in [-0.1, -0.05) is 26.7 Å². The molecular formula is C21H34N4O2. The van der Waals surface area contributed by atoms with E-state index in [4.69, 9.17) is 9.41 Å². The van der Waals surface area contributed by atoms with Crippen LogP contribution in [0.5, 0.6) is 0 Å². The second kappa shape index (κ2) is 9.81. The predicted molar refractivity (Wildman–Crippen MR) is 108 cm³/mol. The van der Waals surface area contributed by atoms with Crippen LogP contribution in [0.25, 0.3) is 0 Å². The largest absolute Gasteiger partial charge is 0.469 e. The molecule has 3 rings (SSSR count). The van der Waals surface area contributed by atoms with E-state index in [9.17, 15) is 4.79 Å². The van der Waals surface area contributed by atoms with E-state index in [1.54, 1.807) is 6.26 Å². The molecule has 1 atom stereocenters. The van der Waals surface area contributed by atoms with Gasteiger partial charge in [-0.25, -0.2) is 0 Å². The van der Waals surface area contributed by atoms with Gasteiger partial charge in [-0.05, 0) is 37.3 Å². The summed E-state index contributed by atoms with van der Waals surface area (Å²) in [5.74, 6) is 2.96. The number of nitrogens with zero attached hydrogens (tertiary/aromatic N) is 2. The molecule has 1 aliphatic heterocycles. The number of carbonyl (C=O) groups excluding carboxylic acids is 1. The lowest BCUT2D eigenvalue weighted by atomic mass is 10.1. The molecule has 1 saturated carbocycles. The molecule has 2 N–H and O–H groups in total. The van der Waals surface area contributed by atoms with Crippen LogP contribution in [0.4, 0.5) is 0 Å². The average Bonchev–Trinajstić information content (AvgIpc) is 3.40. The van der Waals surface area contributed by atoms with Crippen molar-refractivity contribution in [3.8, 4) is 0 Å². The number of furan rings is 1. The summed E-state index contributed by atoms with van der Waals surface area (Å²) in [6.45, 7) is 7.54. The molecule has 2 heterocycles. The van der Waals surface area contributed by atoms with Gasteiger partial charge in [0.05, 0.1) is 6.26 Å². The third-order valence-corrected chi connectivity index (χ3v) is 5.40. The zero-order valence-electron chi connectivity index (χ0n) is 16.7. The number of likely N-dealkylation sites (tertiary alicyclic amines) is 1. The lowest BCUT2D eigenvalue weighted by Crippen LogP contribution is -2.46. The molecule has 1 amide bonds. The Kier molecular flexibility index (Phi) is 7.18. The third kappa shape index (κ3) is 6.01. The number of carbonyl (C=O) groups is 1. The minimum absolute atomic E-state index is 0.268. The van der Waals surface area contributed by atoms with E-state index in [1.807, 2.05) is 12.1 Å². The Morgan fingerprint density at radius 2 is 2.15 bits per heavy atom.